The molecule has 5 nitrogen and oxygen atoms in total. The molecule has 13 heavy (non-hydrogen) atoms. The predicted octanol–water partition coefficient (Wildman–Crippen LogP) is 0.513. The van der Waals surface area contributed by atoms with Crippen molar-refractivity contribution < 1.29 is 19.1 Å². The van der Waals surface area contributed by atoms with Gasteiger partial charge in [-0.15, -0.1) is 11.6 Å². The van der Waals surface area contributed by atoms with Crippen LogP contribution in [0.2, 0.25) is 0 Å². The van der Waals surface area contributed by atoms with Gasteiger partial charge in [0.2, 0.25) is 0 Å². The van der Waals surface area contributed by atoms with Gasteiger partial charge in [-0.1, -0.05) is 0 Å². The van der Waals surface area contributed by atoms with Crippen LogP contribution in [0.1, 0.15) is 6.92 Å². The lowest BCUT2D eigenvalue weighted by Crippen LogP contribution is -2.43. The quantitative estimate of drug-likeness (QED) is 0.541. The highest BCUT2D eigenvalue weighted by atomic mass is 35.5. The third-order valence-electron chi connectivity index (χ3n) is 1.21. The molecule has 1 amide bonds. The maximum atomic E-state index is 10.9. The minimum Gasteiger partial charge on any atom is -0.467 e. The first-order chi connectivity index (χ1) is 6.15. The van der Waals surface area contributed by atoms with Crippen molar-refractivity contribution in [2.24, 2.45) is 0 Å². The molecule has 0 radical (unpaired) electrons. The summed E-state index contributed by atoms with van der Waals surface area (Å²) < 4.78 is 8.94. The summed E-state index contributed by atoms with van der Waals surface area (Å²) in [6, 6.07) is -0.856. The van der Waals surface area contributed by atoms with Crippen molar-refractivity contribution in [1.29, 1.82) is 0 Å². The summed E-state index contributed by atoms with van der Waals surface area (Å²) in [4.78, 5) is 21.7. The van der Waals surface area contributed by atoms with E-state index in [1.165, 1.54) is 7.11 Å². The van der Waals surface area contributed by atoms with E-state index in [0.29, 0.717) is 0 Å². The van der Waals surface area contributed by atoms with Gasteiger partial charge in [-0.2, -0.15) is 0 Å². The number of methoxy groups -OCH3 is 1. The van der Waals surface area contributed by atoms with E-state index in [2.05, 4.69) is 14.8 Å². The number of carbonyl (C=O) groups is 2. The summed E-state index contributed by atoms with van der Waals surface area (Å²) in [6.45, 7) is 1.90. The second-order valence-corrected chi connectivity index (χ2v) is 2.40. The van der Waals surface area contributed by atoms with E-state index >= 15 is 0 Å². The number of hydrogen-bond acceptors (Lipinski definition) is 4. The number of alkyl halides is 1. The first kappa shape index (κ1) is 12.0. The zero-order valence-corrected chi connectivity index (χ0v) is 8.26. The minimum absolute atomic E-state index is 0.0501. The van der Waals surface area contributed by atoms with Crippen LogP contribution in [0, 0.1) is 0 Å². The summed E-state index contributed by atoms with van der Waals surface area (Å²) in [6.07, 6.45) is -0.682. The largest absolute Gasteiger partial charge is 0.467 e. The molecule has 76 valence electrons. The zero-order valence-electron chi connectivity index (χ0n) is 7.50. The van der Waals surface area contributed by atoms with E-state index in [1.54, 1.807) is 6.92 Å². The standard InChI is InChI=1S/C7H12ClNO4/c1-3-13-7(11)9-5(4-8)6(10)12-2/h5H,3-4H2,1-2H3,(H,9,11). The van der Waals surface area contributed by atoms with Crippen LogP contribution < -0.4 is 5.32 Å². The van der Waals surface area contributed by atoms with Crippen molar-refractivity contribution in [1.82, 2.24) is 5.32 Å². The first-order valence-corrected chi connectivity index (χ1v) is 4.26. The molecule has 0 aliphatic rings. The van der Waals surface area contributed by atoms with Gasteiger partial charge in [-0.3, -0.25) is 0 Å². The van der Waals surface area contributed by atoms with Gasteiger partial charge in [0.25, 0.3) is 0 Å². The van der Waals surface area contributed by atoms with Crippen LogP contribution in [0.25, 0.3) is 0 Å². The van der Waals surface area contributed by atoms with Crippen molar-refractivity contribution in [3.8, 4) is 0 Å². The molecule has 0 spiro atoms. The molecule has 0 saturated heterocycles. The van der Waals surface area contributed by atoms with Crippen LogP contribution in [-0.4, -0.2) is 37.7 Å². The number of alkyl carbamates (subject to hydrolysis) is 1. The zero-order chi connectivity index (χ0) is 10.3. The normalized spacial score (nSPS) is 11.6. The predicted molar refractivity (Wildman–Crippen MR) is 46.7 cm³/mol. The van der Waals surface area contributed by atoms with E-state index in [1.807, 2.05) is 0 Å². The lowest BCUT2D eigenvalue weighted by molar-refractivity contribution is -0.142. The smallest absolute Gasteiger partial charge is 0.407 e. The molecule has 0 aliphatic carbocycles. The molecule has 0 rings (SSSR count). The number of nitrogens with one attached hydrogen (secondary N) is 1. The maximum Gasteiger partial charge on any atom is 0.407 e. The van der Waals surface area contributed by atoms with E-state index in [9.17, 15) is 9.59 Å². The molecule has 0 aromatic carbocycles. The van der Waals surface area contributed by atoms with Crippen molar-refractivity contribution >= 4 is 23.7 Å². The Labute approximate surface area is 81.3 Å². The molecule has 1 unspecified atom stereocenters. The highest BCUT2D eigenvalue weighted by molar-refractivity contribution is 6.19. The number of rotatable bonds is 4. The fourth-order valence-electron chi connectivity index (χ4n) is 0.618. The van der Waals surface area contributed by atoms with Gasteiger partial charge < -0.3 is 14.8 Å². The second-order valence-electron chi connectivity index (χ2n) is 2.09. The van der Waals surface area contributed by atoms with Crippen LogP contribution in [0.4, 0.5) is 4.79 Å². The summed E-state index contributed by atoms with van der Waals surface area (Å²) in [5, 5.41) is 2.25. The molecule has 1 N–H and O–H groups in total. The van der Waals surface area contributed by atoms with Crippen LogP contribution in [0.15, 0.2) is 0 Å². The minimum atomic E-state index is -0.856. The third-order valence-corrected chi connectivity index (χ3v) is 1.52. The summed E-state index contributed by atoms with van der Waals surface area (Å²) in [5.41, 5.74) is 0. The number of halogens is 1. The van der Waals surface area contributed by atoms with Crippen LogP contribution in [-0.2, 0) is 14.3 Å². The van der Waals surface area contributed by atoms with Crippen LogP contribution in [0.3, 0.4) is 0 Å². The molecule has 0 fully saturated rings. The lowest BCUT2D eigenvalue weighted by atomic mass is 10.3. The van der Waals surface area contributed by atoms with Gasteiger partial charge in [-0.05, 0) is 6.92 Å². The Hall–Kier alpha value is -0.970. The Kier molecular flexibility index (Phi) is 6.05. The molecule has 0 saturated carbocycles. The number of esters is 1. The molecular formula is C7H12ClNO4. The average Bonchev–Trinajstić information content (AvgIpc) is 2.13. The highest BCUT2D eigenvalue weighted by Crippen LogP contribution is 1.92. The van der Waals surface area contributed by atoms with E-state index < -0.39 is 18.1 Å². The third kappa shape index (κ3) is 4.57. The van der Waals surface area contributed by atoms with E-state index in [0.717, 1.165) is 0 Å². The van der Waals surface area contributed by atoms with Crippen LogP contribution in [0.5, 0.6) is 0 Å². The van der Waals surface area contributed by atoms with Crippen LogP contribution >= 0.6 is 11.6 Å². The Morgan fingerprint density at radius 3 is 2.54 bits per heavy atom. The molecule has 6 heteroatoms. The monoisotopic (exact) mass is 209 g/mol. The fraction of sp³-hybridized carbons (Fsp3) is 0.714. The average molecular weight is 210 g/mol. The molecule has 0 heterocycles. The Balaban J connectivity index is 3.97. The summed E-state index contributed by atoms with van der Waals surface area (Å²) in [7, 11) is 1.22. The Bertz CT molecular complexity index is 185. The second kappa shape index (κ2) is 6.54. The molecular weight excluding hydrogens is 198 g/mol. The van der Waals surface area contributed by atoms with Crippen molar-refractivity contribution in [3.63, 3.8) is 0 Å². The van der Waals surface area contributed by atoms with Gasteiger partial charge >= 0.3 is 12.1 Å². The van der Waals surface area contributed by atoms with Gasteiger partial charge in [0.05, 0.1) is 19.6 Å². The number of amides is 1. The molecule has 0 aromatic heterocycles. The van der Waals surface area contributed by atoms with Gasteiger partial charge in [0, 0.05) is 0 Å². The summed E-state index contributed by atoms with van der Waals surface area (Å²) >= 11 is 5.41. The first-order valence-electron chi connectivity index (χ1n) is 3.72. The molecule has 0 aliphatic heterocycles. The topological polar surface area (TPSA) is 64.6 Å². The molecule has 0 aromatic rings. The molecule has 1 atom stereocenters. The number of carbonyl (C=O) groups excluding carboxylic acids is 2. The molecule has 0 bridgehead atoms. The SMILES string of the molecule is CCOC(=O)NC(CCl)C(=O)OC. The van der Waals surface area contributed by atoms with Crippen molar-refractivity contribution in [2.45, 2.75) is 13.0 Å². The Morgan fingerprint density at radius 1 is 1.54 bits per heavy atom. The van der Waals surface area contributed by atoms with E-state index in [-0.39, 0.29) is 12.5 Å². The maximum absolute atomic E-state index is 10.9. The van der Waals surface area contributed by atoms with Crippen molar-refractivity contribution in [2.75, 3.05) is 19.6 Å². The Morgan fingerprint density at radius 2 is 2.15 bits per heavy atom. The lowest BCUT2D eigenvalue weighted by Gasteiger charge is -2.12. The van der Waals surface area contributed by atoms with E-state index in [4.69, 9.17) is 11.6 Å². The summed E-state index contributed by atoms with van der Waals surface area (Å²) in [5.74, 6) is -0.645. The van der Waals surface area contributed by atoms with Gasteiger partial charge in [0.1, 0.15) is 6.04 Å². The van der Waals surface area contributed by atoms with Crippen molar-refractivity contribution in [3.05, 3.63) is 0 Å². The van der Waals surface area contributed by atoms with Gasteiger partial charge in [0.15, 0.2) is 0 Å². The number of ether oxygens (including phenoxy) is 2. The highest BCUT2D eigenvalue weighted by Gasteiger charge is 2.20. The number of hydrogen-bond donors (Lipinski definition) is 1. The van der Waals surface area contributed by atoms with Gasteiger partial charge in [-0.25, -0.2) is 9.59 Å². The fourth-order valence-corrected chi connectivity index (χ4v) is 0.821.